The molecule has 0 aliphatic carbocycles. The zero-order chi connectivity index (χ0) is 18.9. The first kappa shape index (κ1) is 20.7. The van der Waals surface area contributed by atoms with E-state index in [1.165, 1.54) is 6.07 Å². The van der Waals surface area contributed by atoms with E-state index in [4.69, 9.17) is 10.7 Å². The van der Waals surface area contributed by atoms with Crippen LogP contribution in [-0.4, -0.2) is 42.9 Å². The molecule has 2 rings (SSSR count). The fourth-order valence-electron chi connectivity index (χ4n) is 3.31. The maximum Gasteiger partial charge on any atom is 0.217 e. The average molecular weight is 427 g/mol. The van der Waals surface area contributed by atoms with Crippen LogP contribution in [-0.2, 0) is 11.2 Å². The molecule has 0 radical (unpaired) electrons. The van der Waals surface area contributed by atoms with Gasteiger partial charge in [0.2, 0.25) is 5.91 Å². The molecular formula is C19H28BrFN4O. The normalized spacial score (nSPS) is 18.0. The largest absolute Gasteiger partial charge is 0.370 e. The molecular weight excluding hydrogens is 399 g/mol. The molecule has 1 aromatic carbocycles. The van der Waals surface area contributed by atoms with E-state index in [0.717, 1.165) is 49.3 Å². The summed E-state index contributed by atoms with van der Waals surface area (Å²) in [6.45, 7) is 5.20. The summed E-state index contributed by atoms with van der Waals surface area (Å²) in [7, 11) is 0. The highest BCUT2D eigenvalue weighted by Gasteiger charge is 2.23. The Morgan fingerprint density at radius 2 is 2.31 bits per heavy atom. The van der Waals surface area contributed by atoms with E-state index in [0.29, 0.717) is 30.9 Å². The smallest absolute Gasteiger partial charge is 0.217 e. The van der Waals surface area contributed by atoms with Gasteiger partial charge in [0.1, 0.15) is 5.82 Å². The van der Waals surface area contributed by atoms with Crippen molar-refractivity contribution in [3.05, 3.63) is 34.1 Å². The molecule has 0 spiro atoms. The Hall–Kier alpha value is -1.63. The molecule has 0 bridgehead atoms. The van der Waals surface area contributed by atoms with Crippen molar-refractivity contribution >= 4 is 27.8 Å². The second kappa shape index (κ2) is 10.5. The third kappa shape index (κ3) is 6.59. The quantitative estimate of drug-likeness (QED) is 0.399. The van der Waals surface area contributed by atoms with Crippen molar-refractivity contribution in [3.8, 4) is 0 Å². The van der Waals surface area contributed by atoms with Gasteiger partial charge in [-0.25, -0.2) is 4.39 Å². The number of primary amides is 1. The zero-order valence-corrected chi connectivity index (χ0v) is 16.9. The van der Waals surface area contributed by atoms with Crippen molar-refractivity contribution in [2.75, 3.05) is 26.2 Å². The fraction of sp³-hybridized carbons (Fsp3) is 0.579. The van der Waals surface area contributed by atoms with E-state index >= 15 is 0 Å². The number of carbonyl (C=O) groups is 1. The molecule has 1 aromatic rings. The number of hydrogen-bond acceptors (Lipinski definition) is 2. The van der Waals surface area contributed by atoms with E-state index in [1.54, 1.807) is 0 Å². The molecule has 1 heterocycles. The second-order valence-corrected chi connectivity index (χ2v) is 7.62. The average Bonchev–Trinajstić information content (AvgIpc) is 2.59. The highest BCUT2D eigenvalue weighted by Crippen LogP contribution is 2.20. The number of rotatable bonds is 7. The van der Waals surface area contributed by atoms with E-state index in [-0.39, 0.29) is 11.7 Å². The number of aryl methyl sites for hydroxylation is 1. The number of halogens is 2. The summed E-state index contributed by atoms with van der Waals surface area (Å²) >= 11 is 3.27. The van der Waals surface area contributed by atoms with Crippen LogP contribution < -0.4 is 11.1 Å². The van der Waals surface area contributed by atoms with E-state index in [9.17, 15) is 9.18 Å². The Kier molecular flexibility index (Phi) is 8.35. The number of nitrogens with two attached hydrogens (primary N) is 1. The van der Waals surface area contributed by atoms with Gasteiger partial charge in [-0.15, -0.1) is 0 Å². The lowest BCUT2D eigenvalue weighted by Crippen LogP contribution is -2.47. The van der Waals surface area contributed by atoms with Gasteiger partial charge in [0.25, 0.3) is 0 Å². The van der Waals surface area contributed by atoms with Crippen molar-refractivity contribution in [2.24, 2.45) is 16.6 Å². The second-order valence-electron chi connectivity index (χ2n) is 6.70. The summed E-state index contributed by atoms with van der Waals surface area (Å²) < 4.78 is 14.6. The van der Waals surface area contributed by atoms with Gasteiger partial charge in [0, 0.05) is 37.1 Å². The Balaban J connectivity index is 1.90. The zero-order valence-electron chi connectivity index (χ0n) is 15.3. The van der Waals surface area contributed by atoms with Gasteiger partial charge in [0.05, 0.1) is 0 Å². The number of amides is 1. The molecule has 0 saturated carbocycles. The van der Waals surface area contributed by atoms with Crippen LogP contribution >= 0.6 is 15.9 Å². The molecule has 1 amide bonds. The standard InChI is InChI=1S/C19H28BrFN4O/c1-2-23-19(25-10-4-5-14(13-25)11-18(22)26)24-9-3-6-15-7-8-16(20)12-17(15)21/h7-8,12,14H,2-6,9-11,13H2,1H3,(H2,22,26)(H,23,24). The minimum Gasteiger partial charge on any atom is -0.370 e. The number of nitrogens with zero attached hydrogens (tertiary/aromatic N) is 2. The molecule has 7 heteroatoms. The number of guanidine groups is 1. The van der Waals surface area contributed by atoms with E-state index in [2.05, 4.69) is 26.1 Å². The molecule has 1 atom stereocenters. The number of likely N-dealkylation sites (tertiary alicyclic amines) is 1. The first-order chi connectivity index (χ1) is 12.5. The number of carbonyl (C=O) groups excluding carboxylic acids is 1. The number of nitrogens with one attached hydrogen (secondary N) is 1. The maximum atomic E-state index is 13.9. The van der Waals surface area contributed by atoms with Gasteiger partial charge in [-0.3, -0.25) is 9.79 Å². The van der Waals surface area contributed by atoms with Crippen molar-refractivity contribution in [3.63, 3.8) is 0 Å². The fourth-order valence-corrected chi connectivity index (χ4v) is 3.65. The molecule has 1 saturated heterocycles. The van der Waals surface area contributed by atoms with Crippen molar-refractivity contribution in [1.29, 1.82) is 0 Å². The van der Waals surface area contributed by atoms with E-state index in [1.807, 2.05) is 19.1 Å². The van der Waals surface area contributed by atoms with Crippen LogP contribution in [0, 0.1) is 11.7 Å². The number of piperidine rings is 1. The molecule has 5 nitrogen and oxygen atoms in total. The van der Waals surface area contributed by atoms with Crippen molar-refractivity contribution in [1.82, 2.24) is 10.2 Å². The SMILES string of the molecule is CCNC(=NCCCc1ccc(Br)cc1F)N1CCCC(CC(N)=O)C1. The lowest BCUT2D eigenvalue weighted by Gasteiger charge is -2.34. The Morgan fingerprint density at radius 1 is 1.50 bits per heavy atom. The van der Waals surface area contributed by atoms with E-state index < -0.39 is 0 Å². The third-order valence-electron chi connectivity index (χ3n) is 4.52. The minimum absolute atomic E-state index is 0.180. The molecule has 1 aliphatic rings. The maximum absolute atomic E-state index is 13.9. The Bertz CT molecular complexity index is 638. The summed E-state index contributed by atoms with van der Waals surface area (Å²) in [6, 6.07) is 5.17. The third-order valence-corrected chi connectivity index (χ3v) is 5.02. The highest BCUT2D eigenvalue weighted by molar-refractivity contribution is 9.10. The molecule has 1 unspecified atom stereocenters. The number of hydrogen-bond donors (Lipinski definition) is 2. The lowest BCUT2D eigenvalue weighted by molar-refractivity contribution is -0.119. The monoisotopic (exact) mass is 426 g/mol. The molecule has 1 aliphatic heterocycles. The van der Waals surface area contributed by atoms with Crippen LogP contribution in [0.15, 0.2) is 27.7 Å². The van der Waals surface area contributed by atoms with Gasteiger partial charge in [-0.05, 0) is 56.2 Å². The summed E-state index contributed by atoms with van der Waals surface area (Å²) in [5, 5.41) is 3.32. The highest BCUT2D eigenvalue weighted by atomic mass is 79.9. The molecule has 144 valence electrons. The van der Waals surface area contributed by atoms with Crippen molar-refractivity contribution < 1.29 is 9.18 Å². The summed E-state index contributed by atoms with van der Waals surface area (Å²) in [5.41, 5.74) is 6.06. The van der Waals surface area contributed by atoms with Crippen LogP contribution in [0.25, 0.3) is 0 Å². The van der Waals surface area contributed by atoms with Gasteiger partial charge >= 0.3 is 0 Å². The Labute approximate surface area is 163 Å². The van der Waals surface area contributed by atoms with Crippen LogP contribution in [0.5, 0.6) is 0 Å². The lowest BCUT2D eigenvalue weighted by atomic mass is 9.95. The van der Waals surface area contributed by atoms with Gasteiger partial charge in [0.15, 0.2) is 5.96 Å². The van der Waals surface area contributed by atoms with Gasteiger partial charge in [-0.1, -0.05) is 22.0 Å². The van der Waals surface area contributed by atoms with Crippen LogP contribution in [0.1, 0.15) is 38.2 Å². The van der Waals surface area contributed by atoms with Crippen LogP contribution in [0.3, 0.4) is 0 Å². The summed E-state index contributed by atoms with van der Waals surface area (Å²) in [4.78, 5) is 18.1. The summed E-state index contributed by atoms with van der Waals surface area (Å²) in [5.74, 6) is 0.746. The van der Waals surface area contributed by atoms with Gasteiger partial charge in [-0.2, -0.15) is 0 Å². The first-order valence-electron chi connectivity index (χ1n) is 9.25. The molecule has 3 N–H and O–H groups in total. The minimum atomic E-state index is -0.240. The first-order valence-corrected chi connectivity index (χ1v) is 10.0. The summed E-state index contributed by atoms with van der Waals surface area (Å²) in [6.07, 6.45) is 3.94. The predicted octanol–water partition coefficient (Wildman–Crippen LogP) is 3.07. The van der Waals surface area contributed by atoms with Crippen LogP contribution in [0.2, 0.25) is 0 Å². The number of aliphatic imine (C=N–C) groups is 1. The van der Waals surface area contributed by atoms with Crippen molar-refractivity contribution in [2.45, 2.75) is 39.0 Å². The molecule has 1 fully saturated rings. The Morgan fingerprint density at radius 3 is 3.00 bits per heavy atom. The topological polar surface area (TPSA) is 70.7 Å². The van der Waals surface area contributed by atoms with Gasteiger partial charge < -0.3 is 16.0 Å². The van der Waals surface area contributed by atoms with Crippen LogP contribution in [0.4, 0.5) is 4.39 Å². The molecule has 26 heavy (non-hydrogen) atoms. The number of benzene rings is 1. The predicted molar refractivity (Wildman–Crippen MR) is 107 cm³/mol. The molecule has 0 aromatic heterocycles.